The van der Waals surface area contributed by atoms with Gasteiger partial charge in [-0.3, -0.25) is 4.79 Å². The topological polar surface area (TPSA) is 50.5 Å². The molecular weight excluding hydrogens is 352 g/mol. The number of rotatable bonds is 5. The number of anilines is 2. The maximum atomic E-state index is 12.7. The lowest BCUT2D eigenvalue weighted by Gasteiger charge is -2.36. The van der Waals surface area contributed by atoms with E-state index in [-0.39, 0.29) is 5.91 Å². The standard InChI is InChI=1S/C22H34N4O2/c27-22(18-24-12-8-19(9-13-24)25-10-4-1-5-11-25)23-20-6-2-3-7-21(20)26-14-16-28-17-15-26/h2-3,6-7,19H,1,4-5,8-18H2,(H,23,27)/p+2. The summed E-state index contributed by atoms with van der Waals surface area (Å²) in [5.41, 5.74) is 2.04. The molecule has 0 unspecified atom stereocenters. The minimum Gasteiger partial charge on any atom is -0.378 e. The van der Waals surface area contributed by atoms with Crippen LogP contribution in [-0.2, 0) is 9.53 Å². The molecule has 3 fully saturated rings. The molecule has 3 aliphatic rings. The molecule has 28 heavy (non-hydrogen) atoms. The Balaban J connectivity index is 1.27. The summed E-state index contributed by atoms with van der Waals surface area (Å²) in [6.07, 6.45) is 6.74. The van der Waals surface area contributed by atoms with Gasteiger partial charge in [0.1, 0.15) is 0 Å². The molecule has 6 heteroatoms. The third-order valence-corrected chi connectivity index (χ3v) is 6.71. The summed E-state index contributed by atoms with van der Waals surface area (Å²) >= 11 is 0. The number of carbonyl (C=O) groups is 1. The van der Waals surface area contributed by atoms with Crippen molar-refractivity contribution in [2.45, 2.75) is 38.1 Å². The van der Waals surface area contributed by atoms with E-state index in [4.69, 9.17) is 4.74 Å². The van der Waals surface area contributed by atoms with Crippen molar-refractivity contribution in [2.75, 3.05) is 69.2 Å². The molecule has 0 aromatic heterocycles. The number of hydrogen-bond donors (Lipinski definition) is 3. The molecule has 0 bridgehead atoms. The maximum absolute atomic E-state index is 12.7. The summed E-state index contributed by atoms with van der Waals surface area (Å²) < 4.78 is 5.46. The van der Waals surface area contributed by atoms with Gasteiger partial charge in [-0.2, -0.15) is 0 Å². The van der Waals surface area contributed by atoms with Gasteiger partial charge in [-0.25, -0.2) is 0 Å². The third-order valence-electron chi connectivity index (χ3n) is 6.71. The molecule has 0 radical (unpaired) electrons. The Bertz CT molecular complexity index is 633. The van der Waals surface area contributed by atoms with Crippen LogP contribution in [0.2, 0.25) is 0 Å². The van der Waals surface area contributed by atoms with Crippen LogP contribution in [0.4, 0.5) is 11.4 Å². The van der Waals surface area contributed by atoms with Gasteiger partial charge in [-0.05, 0) is 31.4 Å². The van der Waals surface area contributed by atoms with Crippen LogP contribution < -0.4 is 20.0 Å². The normalized spacial score (nSPS) is 26.8. The first kappa shape index (κ1) is 19.7. The second kappa shape index (κ2) is 9.72. The van der Waals surface area contributed by atoms with Gasteiger partial charge in [-0.1, -0.05) is 12.1 Å². The number of nitrogens with one attached hydrogen (secondary N) is 3. The lowest BCUT2D eigenvalue weighted by Crippen LogP contribution is -3.21. The molecule has 1 amide bonds. The first-order valence-electron chi connectivity index (χ1n) is 11.2. The van der Waals surface area contributed by atoms with E-state index in [0.717, 1.165) is 56.8 Å². The van der Waals surface area contributed by atoms with Crippen molar-refractivity contribution < 1.29 is 19.3 Å². The number of amides is 1. The van der Waals surface area contributed by atoms with Crippen molar-refractivity contribution >= 4 is 17.3 Å². The smallest absolute Gasteiger partial charge is 0.279 e. The highest BCUT2D eigenvalue weighted by Gasteiger charge is 2.31. The Morgan fingerprint density at radius 3 is 2.50 bits per heavy atom. The van der Waals surface area contributed by atoms with Crippen LogP contribution in [0.1, 0.15) is 32.1 Å². The van der Waals surface area contributed by atoms with E-state index in [1.54, 1.807) is 0 Å². The number of piperidine rings is 2. The summed E-state index contributed by atoms with van der Waals surface area (Å²) in [6.45, 7) is 8.83. The summed E-state index contributed by atoms with van der Waals surface area (Å²) in [7, 11) is 0. The predicted molar refractivity (Wildman–Crippen MR) is 111 cm³/mol. The Hall–Kier alpha value is -1.63. The Labute approximate surface area is 168 Å². The first-order valence-corrected chi connectivity index (χ1v) is 11.2. The van der Waals surface area contributed by atoms with Gasteiger partial charge >= 0.3 is 0 Å². The van der Waals surface area contributed by atoms with Crippen LogP contribution in [0.15, 0.2) is 24.3 Å². The van der Waals surface area contributed by atoms with Gasteiger partial charge in [-0.15, -0.1) is 0 Å². The number of morpholine rings is 1. The number of nitrogens with zero attached hydrogens (tertiary/aromatic N) is 1. The van der Waals surface area contributed by atoms with E-state index < -0.39 is 0 Å². The lowest BCUT2D eigenvalue weighted by molar-refractivity contribution is -0.958. The maximum Gasteiger partial charge on any atom is 0.279 e. The van der Waals surface area contributed by atoms with Crippen LogP contribution in [0.25, 0.3) is 0 Å². The van der Waals surface area contributed by atoms with Crippen molar-refractivity contribution in [1.29, 1.82) is 0 Å². The van der Waals surface area contributed by atoms with Crippen LogP contribution in [0, 0.1) is 0 Å². The van der Waals surface area contributed by atoms with Gasteiger partial charge in [0, 0.05) is 25.9 Å². The highest BCUT2D eigenvalue weighted by Crippen LogP contribution is 2.26. The van der Waals surface area contributed by atoms with Crippen LogP contribution in [0.5, 0.6) is 0 Å². The number of quaternary nitrogens is 2. The minimum atomic E-state index is 0.138. The molecule has 0 saturated carbocycles. The Morgan fingerprint density at radius 2 is 1.75 bits per heavy atom. The molecule has 3 N–H and O–H groups in total. The molecule has 3 saturated heterocycles. The fraction of sp³-hybridized carbons (Fsp3) is 0.682. The predicted octanol–water partition coefficient (Wildman–Crippen LogP) is -0.422. The van der Waals surface area contributed by atoms with Crippen LogP contribution in [0.3, 0.4) is 0 Å². The Morgan fingerprint density at radius 1 is 1.04 bits per heavy atom. The van der Waals surface area contributed by atoms with Crippen LogP contribution >= 0.6 is 0 Å². The molecule has 3 aliphatic heterocycles. The zero-order valence-electron chi connectivity index (χ0n) is 17.0. The van der Waals surface area contributed by atoms with Gasteiger partial charge in [0.25, 0.3) is 5.91 Å². The molecule has 6 nitrogen and oxygen atoms in total. The number of likely N-dealkylation sites (tertiary alicyclic amines) is 2. The SMILES string of the molecule is O=C(C[NH+]1CCC([NH+]2CCCCC2)CC1)Nc1ccccc1N1CCOCC1. The quantitative estimate of drug-likeness (QED) is 0.642. The average Bonchev–Trinajstić information content (AvgIpc) is 2.76. The van der Waals surface area contributed by atoms with E-state index in [0.29, 0.717) is 6.54 Å². The van der Waals surface area contributed by atoms with E-state index in [1.807, 2.05) is 23.1 Å². The van der Waals surface area contributed by atoms with Crippen LogP contribution in [-0.4, -0.2) is 71.0 Å². The first-order chi connectivity index (χ1) is 13.8. The molecule has 0 spiro atoms. The molecule has 154 valence electrons. The molecule has 0 aliphatic carbocycles. The zero-order chi connectivity index (χ0) is 19.2. The van der Waals surface area contributed by atoms with Crippen molar-refractivity contribution in [1.82, 2.24) is 0 Å². The molecular formula is C22H36N4O2+2. The zero-order valence-corrected chi connectivity index (χ0v) is 17.0. The molecule has 3 heterocycles. The summed E-state index contributed by atoms with van der Waals surface area (Å²) in [6, 6.07) is 8.98. The third kappa shape index (κ3) is 5.04. The van der Waals surface area contributed by atoms with Gasteiger partial charge in [0.2, 0.25) is 0 Å². The minimum absolute atomic E-state index is 0.138. The summed E-state index contributed by atoms with van der Waals surface area (Å²) in [5.74, 6) is 0.138. The van der Waals surface area contributed by atoms with Crippen molar-refractivity contribution in [3.05, 3.63) is 24.3 Å². The van der Waals surface area contributed by atoms with Crippen molar-refractivity contribution in [3.8, 4) is 0 Å². The summed E-state index contributed by atoms with van der Waals surface area (Å²) in [5, 5.41) is 3.18. The molecule has 4 rings (SSSR count). The average molecular weight is 389 g/mol. The molecule has 0 atom stereocenters. The number of benzene rings is 1. The highest BCUT2D eigenvalue weighted by molar-refractivity contribution is 5.95. The van der Waals surface area contributed by atoms with Gasteiger partial charge in [0.15, 0.2) is 6.54 Å². The number of carbonyl (C=O) groups excluding carboxylic acids is 1. The Kier molecular flexibility index (Phi) is 6.83. The second-order valence-corrected chi connectivity index (χ2v) is 8.58. The molecule has 1 aromatic rings. The fourth-order valence-corrected chi connectivity index (χ4v) is 5.11. The number of hydrogen-bond acceptors (Lipinski definition) is 3. The number of para-hydroxylation sites is 2. The van der Waals surface area contributed by atoms with E-state index in [2.05, 4.69) is 16.3 Å². The second-order valence-electron chi connectivity index (χ2n) is 8.58. The van der Waals surface area contributed by atoms with Crippen molar-refractivity contribution in [2.24, 2.45) is 0 Å². The van der Waals surface area contributed by atoms with E-state index >= 15 is 0 Å². The lowest BCUT2D eigenvalue weighted by atomic mass is 10.00. The summed E-state index contributed by atoms with van der Waals surface area (Å²) in [4.78, 5) is 18.3. The van der Waals surface area contributed by atoms with Gasteiger partial charge < -0.3 is 24.8 Å². The highest BCUT2D eigenvalue weighted by atomic mass is 16.5. The monoisotopic (exact) mass is 388 g/mol. The van der Waals surface area contributed by atoms with Crippen molar-refractivity contribution in [3.63, 3.8) is 0 Å². The largest absolute Gasteiger partial charge is 0.378 e. The fourth-order valence-electron chi connectivity index (χ4n) is 5.11. The molecule has 1 aromatic carbocycles. The van der Waals surface area contributed by atoms with E-state index in [1.165, 1.54) is 50.1 Å². The van der Waals surface area contributed by atoms with Gasteiger partial charge in [0.05, 0.1) is 56.8 Å². The van der Waals surface area contributed by atoms with E-state index in [9.17, 15) is 4.79 Å². The number of ether oxygens (including phenoxy) is 1.